The Balaban J connectivity index is 1.87. The van der Waals surface area contributed by atoms with Crippen molar-refractivity contribution in [3.63, 3.8) is 0 Å². The second kappa shape index (κ2) is 6.74. The molecule has 5 nitrogen and oxygen atoms in total. The van der Waals surface area contributed by atoms with Gasteiger partial charge in [-0.1, -0.05) is 0 Å². The summed E-state index contributed by atoms with van der Waals surface area (Å²) in [6.07, 6.45) is 1.92. The largest absolute Gasteiger partial charge is 0.345 e. The molecule has 0 saturated carbocycles. The molecule has 1 aliphatic rings. The summed E-state index contributed by atoms with van der Waals surface area (Å²) in [4.78, 5) is 19.0. The van der Waals surface area contributed by atoms with E-state index >= 15 is 0 Å². The Kier molecular flexibility index (Phi) is 5.23. The Labute approximate surface area is 129 Å². The Bertz CT molecular complexity index is 464. The summed E-state index contributed by atoms with van der Waals surface area (Å²) in [7, 11) is 6.09. The molecule has 0 aliphatic carbocycles. The number of aromatic nitrogens is 1. The summed E-state index contributed by atoms with van der Waals surface area (Å²) >= 11 is 3.41. The summed E-state index contributed by atoms with van der Waals surface area (Å²) < 4.78 is 2.83. The normalized spacial score (nSPS) is 16.9. The number of nitrogens with zero attached hydrogens (tertiary/aromatic N) is 4. The van der Waals surface area contributed by atoms with Gasteiger partial charge in [0.05, 0.1) is 0 Å². The molecule has 1 aromatic heterocycles. The third-order valence-electron chi connectivity index (χ3n) is 3.71. The van der Waals surface area contributed by atoms with Crippen LogP contribution >= 0.6 is 15.9 Å². The molecule has 0 N–H and O–H groups in total. The smallest absolute Gasteiger partial charge is 0.270 e. The fourth-order valence-corrected chi connectivity index (χ4v) is 2.94. The van der Waals surface area contributed by atoms with Crippen LogP contribution in [0.15, 0.2) is 16.7 Å². The van der Waals surface area contributed by atoms with E-state index in [0.29, 0.717) is 0 Å². The number of likely N-dealkylation sites (N-methyl/N-ethyl adjacent to an activating group) is 1. The summed E-state index contributed by atoms with van der Waals surface area (Å²) in [6, 6.07) is 1.89. The predicted molar refractivity (Wildman–Crippen MR) is 84.0 cm³/mol. The quantitative estimate of drug-likeness (QED) is 0.821. The van der Waals surface area contributed by atoms with Crippen molar-refractivity contribution in [2.24, 2.45) is 7.05 Å². The van der Waals surface area contributed by atoms with Crippen molar-refractivity contribution in [1.29, 1.82) is 0 Å². The molecule has 1 saturated heterocycles. The summed E-state index contributed by atoms with van der Waals surface area (Å²) in [5.41, 5.74) is 0.749. The molecule has 0 aromatic carbocycles. The highest BCUT2D eigenvalue weighted by atomic mass is 79.9. The van der Waals surface area contributed by atoms with E-state index in [1.807, 2.05) is 28.8 Å². The van der Waals surface area contributed by atoms with Gasteiger partial charge in [-0.25, -0.2) is 0 Å². The highest BCUT2D eigenvalue weighted by molar-refractivity contribution is 9.10. The molecule has 0 atom stereocenters. The van der Waals surface area contributed by atoms with Crippen molar-refractivity contribution < 1.29 is 4.79 Å². The maximum Gasteiger partial charge on any atom is 0.270 e. The zero-order chi connectivity index (χ0) is 14.7. The lowest BCUT2D eigenvalue weighted by molar-refractivity contribution is 0.0620. The molecule has 0 unspecified atom stereocenters. The van der Waals surface area contributed by atoms with Gasteiger partial charge in [-0.2, -0.15) is 0 Å². The second-order valence-electron chi connectivity index (χ2n) is 5.59. The zero-order valence-electron chi connectivity index (χ0n) is 12.5. The Hall–Kier alpha value is -0.850. The molecule has 1 aliphatic heterocycles. The van der Waals surface area contributed by atoms with Gasteiger partial charge < -0.3 is 14.4 Å². The number of carbonyl (C=O) groups excluding carboxylic acids is 1. The molecule has 1 amide bonds. The molecule has 0 spiro atoms. The predicted octanol–water partition coefficient (Wildman–Crippen LogP) is 1.11. The Morgan fingerprint density at radius 3 is 2.45 bits per heavy atom. The number of hydrogen-bond acceptors (Lipinski definition) is 3. The van der Waals surface area contributed by atoms with Gasteiger partial charge in [0, 0.05) is 57.0 Å². The lowest BCUT2D eigenvalue weighted by Crippen LogP contribution is -2.50. The van der Waals surface area contributed by atoms with E-state index in [2.05, 4.69) is 39.8 Å². The monoisotopic (exact) mass is 342 g/mol. The number of aryl methyl sites for hydroxylation is 1. The first-order valence-electron chi connectivity index (χ1n) is 6.95. The SMILES string of the molecule is CN(C)CCN1CCN(C(=O)c2cc(Br)cn2C)CC1. The fourth-order valence-electron chi connectivity index (χ4n) is 2.41. The van der Waals surface area contributed by atoms with Crippen LogP contribution in [0.4, 0.5) is 0 Å². The molecule has 1 fully saturated rings. The van der Waals surface area contributed by atoms with Crippen molar-refractivity contribution in [3.05, 3.63) is 22.4 Å². The van der Waals surface area contributed by atoms with Crippen LogP contribution in [0.25, 0.3) is 0 Å². The summed E-state index contributed by atoms with van der Waals surface area (Å²) in [6.45, 7) is 5.70. The van der Waals surface area contributed by atoms with Crippen molar-refractivity contribution in [3.8, 4) is 0 Å². The van der Waals surface area contributed by atoms with Gasteiger partial charge in [0.15, 0.2) is 0 Å². The summed E-state index contributed by atoms with van der Waals surface area (Å²) in [5, 5.41) is 0. The van der Waals surface area contributed by atoms with E-state index in [1.54, 1.807) is 0 Å². The van der Waals surface area contributed by atoms with Crippen molar-refractivity contribution in [2.75, 3.05) is 53.4 Å². The van der Waals surface area contributed by atoms with Crippen LogP contribution in [0.3, 0.4) is 0 Å². The van der Waals surface area contributed by atoms with Gasteiger partial charge >= 0.3 is 0 Å². The van der Waals surface area contributed by atoms with E-state index in [1.165, 1.54) is 0 Å². The summed E-state index contributed by atoms with van der Waals surface area (Å²) in [5.74, 6) is 0.130. The Morgan fingerprint density at radius 2 is 1.95 bits per heavy atom. The third-order valence-corrected chi connectivity index (χ3v) is 4.15. The van der Waals surface area contributed by atoms with E-state index in [-0.39, 0.29) is 5.91 Å². The van der Waals surface area contributed by atoms with Gasteiger partial charge in [0.2, 0.25) is 0 Å². The van der Waals surface area contributed by atoms with Crippen LogP contribution in [0.5, 0.6) is 0 Å². The van der Waals surface area contributed by atoms with Crippen molar-refractivity contribution in [2.45, 2.75) is 0 Å². The topological polar surface area (TPSA) is 31.7 Å². The molecule has 6 heteroatoms. The van der Waals surface area contributed by atoms with Crippen LogP contribution in [0, 0.1) is 0 Å². The molecule has 2 rings (SSSR count). The highest BCUT2D eigenvalue weighted by Gasteiger charge is 2.23. The van der Waals surface area contributed by atoms with Gasteiger partial charge in [-0.3, -0.25) is 9.69 Å². The van der Waals surface area contributed by atoms with Crippen LogP contribution in [0.2, 0.25) is 0 Å². The number of hydrogen-bond donors (Lipinski definition) is 0. The second-order valence-corrected chi connectivity index (χ2v) is 6.51. The van der Waals surface area contributed by atoms with E-state index in [0.717, 1.165) is 49.4 Å². The number of piperazine rings is 1. The minimum atomic E-state index is 0.130. The molecule has 0 radical (unpaired) electrons. The molecular formula is C14H23BrN4O. The zero-order valence-corrected chi connectivity index (χ0v) is 14.1. The number of rotatable bonds is 4. The first-order valence-corrected chi connectivity index (χ1v) is 7.75. The van der Waals surface area contributed by atoms with Crippen LogP contribution in [0.1, 0.15) is 10.5 Å². The van der Waals surface area contributed by atoms with Gasteiger partial charge in [0.1, 0.15) is 5.69 Å². The Morgan fingerprint density at radius 1 is 1.30 bits per heavy atom. The van der Waals surface area contributed by atoms with Crippen molar-refractivity contribution in [1.82, 2.24) is 19.3 Å². The molecule has 2 heterocycles. The fraction of sp³-hybridized carbons (Fsp3) is 0.643. The molecule has 20 heavy (non-hydrogen) atoms. The van der Waals surface area contributed by atoms with Gasteiger partial charge in [-0.15, -0.1) is 0 Å². The number of halogens is 1. The number of carbonyl (C=O) groups is 1. The highest BCUT2D eigenvalue weighted by Crippen LogP contribution is 2.16. The molecule has 112 valence electrons. The standard InChI is InChI=1S/C14H23BrN4O/c1-16(2)4-5-18-6-8-19(9-7-18)14(20)13-10-12(15)11-17(13)3/h10-11H,4-9H2,1-3H3. The van der Waals surface area contributed by atoms with Gasteiger partial charge in [-0.05, 0) is 36.1 Å². The molecule has 0 bridgehead atoms. The maximum atomic E-state index is 12.5. The maximum absolute atomic E-state index is 12.5. The van der Waals surface area contributed by atoms with Crippen LogP contribution in [-0.4, -0.2) is 78.5 Å². The molecular weight excluding hydrogens is 320 g/mol. The lowest BCUT2D eigenvalue weighted by Gasteiger charge is -2.35. The van der Waals surface area contributed by atoms with Crippen molar-refractivity contribution >= 4 is 21.8 Å². The van der Waals surface area contributed by atoms with E-state index in [4.69, 9.17) is 0 Å². The lowest BCUT2D eigenvalue weighted by atomic mass is 10.2. The van der Waals surface area contributed by atoms with Gasteiger partial charge in [0.25, 0.3) is 5.91 Å². The average Bonchev–Trinajstić information content (AvgIpc) is 2.75. The minimum absolute atomic E-state index is 0.130. The van der Waals surface area contributed by atoms with E-state index in [9.17, 15) is 4.79 Å². The first-order chi connectivity index (χ1) is 9.47. The van der Waals surface area contributed by atoms with Crippen LogP contribution in [-0.2, 0) is 7.05 Å². The minimum Gasteiger partial charge on any atom is -0.345 e. The third kappa shape index (κ3) is 3.84. The van der Waals surface area contributed by atoms with E-state index < -0.39 is 0 Å². The number of amides is 1. The molecule has 1 aromatic rings. The average molecular weight is 343 g/mol. The van der Waals surface area contributed by atoms with Crippen LogP contribution < -0.4 is 0 Å². The first kappa shape index (κ1) is 15.5.